The van der Waals surface area contributed by atoms with Crippen LogP contribution in [0.2, 0.25) is 5.02 Å². The fourth-order valence-electron chi connectivity index (χ4n) is 2.33. The van der Waals surface area contributed by atoms with Gasteiger partial charge in [0.25, 0.3) is 6.01 Å². The van der Waals surface area contributed by atoms with Crippen molar-refractivity contribution in [2.45, 2.75) is 13.3 Å². The molecular weight excluding hydrogens is 323 g/mol. The van der Waals surface area contributed by atoms with Crippen molar-refractivity contribution in [2.24, 2.45) is 0 Å². The number of hydrogen-bond acceptors (Lipinski definition) is 4. The number of aromatic amines is 1. The second-order valence-corrected chi connectivity index (χ2v) is 5.24. The highest BCUT2D eigenvalue weighted by Gasteiger charge is 2.18. The molecule has 0 unspecified atom stereocenters. The lowest BCUT2D eigenvalue weighted by molar-refractivity contribution is 0.253. The van der Waals surface area contributed by atoms with Crippen molar-refractivity contribution in [3.05, 3.63) is 45.5 Å². The normalized spacial score (nSPS) is 11.1. The number of H-pyrrole nitrogens is 1. The van der Waals surface area contributed by atoms with Gasteiger partial charge in [0, 0.05) is 5.02 Å². The molecule has 2 aromatic heterocycles. The van der Waals surface area contributed by atoms with E-state index in [1.54, 1.807) is 12.1 Å². The van der Waals surface area contributed by atoms with Gasteiger partial charge in [-0.3, -0.25) is 4.98 Å². The Balaban J connectivity index is 2.23. The largest absolute Gasteiger partial charge is 0.462 e. The Kier molecular flexibility index (Phi) is 4.29. The molecule has 0 bridgehead atoms. The monoisotopic (exact) mass is 336 g/mol. The summed E-state index contributed by atoms with van der Waals surface area (Å²) in [6.45, 7) is 1.10. The van der Waals surface area contributed by atoms with Crippen molar-refractivity contribution in [3.8, 4) is 17.1 Å². The molecule has 0 fully saturated rings. The Morgan fingerprint density at radius 2 is 2.09 bits per heavy atom. The first kappa shape index (κ1) is 15.5. The molecule has 0 saturated heterocycles. The molecule has 0 aliphatic rings. The smallest absolute Gasteiger partial charge is 0.352 e. The molecule has 3 aromatic rings. The van der Waals surface area contributed by atoms with E-state index in [2.05, 4.69) is 15.1 Å². The molecule has 0 saturated carbocycles. The molecule has 0 aliphatic carbocycles. The predicted molar refractivity (Wildman–Crippen MR) is 84.9 cm³/mol. The average molecular weight is 337 g/mol. The van der Waals surface area contributed by atoms with Crippen molar-refractivity contribution in [3.63, 3.8) is 0 Å². The number of aryl methyl sites for hydroxylation is 1. The minimum absolute atomic E-state index is 0.0297. The predicted octanol–water partition coefficient (Wildman–Crippen LogP) is 2.65. The van der Waals surface area contributed by atoms with E-state index in [1.165, 1.54) is 4.52 Å². The number of ether oxygens (including phenoxy) is 1. The molecule has 0 atom stereocenters. The first-order valence-electron chi connectivity index (χ1n) is 7.10. The van der Waals surface area contributed by atoms with Gasteiger partial charge in [0.1, 0.15) is 13.3 Å². The first-order valence-corrected chi connectivity index (χ1v) is 7.48. The SMILES string of the molecule is CCc1nn2c(=O)[nH]c(OCCF)nc2c1-c1ccc(Cl)cc1. The molecule has 2 heterocycles. The standard InChI is InChI=1S/C15H14ClFN4O2/c1-2-11-12(9-3-5-10(16)6-4-9)13-18-14(23-8-7-17)19-15(22)21(13)20-11/h3-6H,2,7-8H2,1H3,(H,18,19,22). The highest BCUT2D eigenvalue weighted by atomic mass is 35.5. The average Bonchev–Trinajstić information content (AvgIpc) is 2.93. The Bertz CT molecular complexity index is 889. The summed E-state index contributed by atoms with van der Waals surface area (Å²) in [5.74, 6) is 0. The third-order valence-electron chi connectivity index (χ3n) is 3.33. The van der Waals surface area contributed by atoms with Crippen LogP contribution < -0.4 is 10.4 Å². The summed E-state index contributed by atoms with van der Waals surface area (Å²) in [6, 6.07) is 7.16. The maximum absolute atomic E-state index is 12.3. The van der Waals surface area contributed by atoms with Crippen LogP contribution in [0.15, 0.2) is 29.1 Å². The summed E-state index contributed by atoms with van der Waals surface area (Å²) in [5.41, 5.74) is 2.18. The number of aromatic nitrogens is 4. The van der Waals surface area contributed by atoms with Crippen LogP contribution in [0, 0.1) is 0 Å². The molecule has 3 rings (SSSR count). The highest BCUT2D eigenvalue weighted by molar-refractivity contribution is 6.30. The van der Waals surface area contributed by atoms with Crippen LogP contribution in [-0.2, 0) is 6.42 Å². The fraction of sp³-hybridized carbons (Fsp3) is 0.267. The number of nitrogens with zero attached hydrogens (tertiary/aromatic N) is 3. The summed E-state index contributed by atoms with van der Waals surface area (Å²) < 4.78 is 18.5. The van der Waals surface area contributed by atoms with Crippen molar-refractivity contribution in [1.29, 1.82) is 0 Å². The Morgan fingerprint density at radius 1 is 1.35 bits per heavy atom. The molecular formula is C15H14ClFN4O2. The van der Waals surface area contributed by atoms with Gasteiger partial charge in [-0.1, -0.05) is 30.7 Å². The number of alkyl halides is 1. The lowest BCUT2D eigenvalue weighted by atomic mass is 10.0. The zero-order valence-electron chi connectivity index (χ0n) is 12.3. The molecule has 120 valence electrons. The molecule has 0 spiro atoms. The minimum Gasteiger partial charge on any atom is -0.462 e. The topological polar surface area (TPSA) is 72.3 Å². The molecule has 0 amide bonds. The number of benzene rings is 1. The minimum atomic E-state index is -0.668. The van der Waals surface area contributed by atoms with Crippen molar-refractivity contribution in [1.82, 2.24) is 19.6 Å². The summed E-state index contributed by atoms with van der Waals surface area (Å²) in [7, 11) is 0. The zero-order valence-corrected chi connectivity index (χ0v) is 13.1. The van der Waals surface area contributed by atoms with E-state index in [4.69, 9.17) is 16.3 Å². The quantitative estimate of drug-likeness (QED) is 0.777. The second kappa shape index (κ2) is 6.37. The molecule has 1 N–H and O–H groups in total. The Labute approximate surface area is 135 Å². The third kappa shape index (κ3) is 2.92. The van der Waals surface area contributed by atoms with Gasteiger partial charge in [-0.2, -0.15) is 14.6 Å². The lowest BCUT2D eigenvalue weighted by Crippen LogP contribution is -2.20. The van der Waals surface area contributed by atoms with E-state index in [0.717, 1.165) is 16.8 Å². The van der Waals surface area contributed by atoms with Gasteiger partial charge in [-0.05, 0) is 24.1 Å². The van der Waals surface area contributed by atoms with Crippen molar-refractivity contribution >= 4 is 17.2 Å². The van der Waals surface area contributed by atoms with Crippen LogP contribution in [0.25, 0.3) is 16.8 Å². The van der Waals surface area contributed by atoms with Gasteiger partial charge in [0.05, 0.1) is 11.3 Å². The molecule has 8 heteroatoms. The molecule has 0 aliphatic heterocycles. The Morgan fingerprint density at radius 3 is 2.74 bits per heavy atom. The lowest BCUT2D eigenvalue weighted by Gasteiger charge is -2.04. The van der Waals surface area contributed by atoms with Crippen LogP contribution in [0.1, 0.15) is 12.6 Å². The van der Waals surface area contributed by atoms with E-state index < -0.39 is 12.4 Å². The highest BCUT2D eigenvalue weighted by Crippen LogP contribution is 2.28. The van der Waals surface area contributed by atoms with Gasteiger partial charge < -0.3 is 4.74 Å². The van der Waals surface area contributed by atoms with Crippen LogP contribution >= 0.6 is 11.6 Å². The molecule has 23 heavy (non-hydrogen) atoms. The molecule has 1 aromatic carbocycles. The first-order chi connectivity index (χ1) is 11.1. The fourth-order valence-corrected chi connectivity index (χ4v) is 2.46. The maximum Gasteiger partial charge on any atom is 0.352 e. The van der Waals surface area contributed by atoms with E-state index in [9.17, 15) is 9.18 Å². The number of fused-ring (bicyclic) bond motifs is 1. The second-order valence-electron chi connectivity index (χ2n) is 4.80. The van der Waals surface area contributed by atoms with Gasteiger partial charge >= 0.3 is 5.69 Å². The van der Waals surface area contributed by atoms with Gasteiger partial charge in [0.2, 0.25) is 0 Å². The van der Waals surface area contributed by atoms with Crippen molar-refractivity contribution < 1.29 is 9.13 Å². The maximum atomic E-state index is 12.3. The third-order valence-corrected chi connectivity index (χ3v) is 3.58. The summed E-state index contributed by atoms with van der Waals surface area (Å²) in [6.07, 6.45) is 0.626. The number of hydrogen-bond donors (Lipinski definition) is 1. The van der Waals surface area contributed by atoms with E-state index in [1.807, 2.05) is 19.1 Å². The van der Waals surface area contributed by atoms with Gasteiger partial charge in [0.15, 0.2) is 5.65 Å². The van der Waals surface area contributed by atoms with Gasteiger partial charge in [-0.15, -0.1) is 0 Å². The summed E-state index contributed by atoms with van der Waals surface area (Å²) in [4.78, 5) is 18.8. The number of halogens is 2. The van der Waals surface area contributed by atoms with Crippen LogP contribution in [-0.4, -0.2) is 32.9 Å². The molecule has 0 radical (unpaired) electrons. The number of nitrogens with one attached hydrogen (secondary N) is 1. The van der Waals surface area contributed by atoms with Crippen LogP contribution in [0.3, 0.4) is 0 Å². The Hall–Kier alpha value is -2.41. The van der Waals surface area contributed by atoms with Crippen LogP contribution in [0.4, 0.5) is 4.39 Å². The summed E-state index contributed by atoms with van der Waals surface area (Å²) >= 11 is 5.93. The van der Waals surface area contributed by atoms with Crippen LogP contribution in [0.5, 0.6) is 6.01 Å². The van der Waals surface area contributed by atoms with E-state index >= 15 is 0 Å². The summed E-state index contributed by atoms with van der Waals surface area (Å²) in [5, 5.41) is 4.91. The van der Waals surface area contributed by atoms with E-state index in [-0.39, 0.29) is 12.6 Å². The number of rotatable bonds is 5. The van der Waals surface area contributed by atoms with E-state index in [0.29, 0.717) is 17.1 Å². The zero-order chi connectivity index (χ0) is 16.4. The van der Waals surface area contributed by atoms with Crippen molar-refractivity contribution in [2.75, 3.05) is 13.3 Å². The molecule has 6 nitrogen and oxygen atoms in total. The van der Waals surface area contributed by atoms with Gasteiger partial charge in [-0.25, -0.2) is 9.18 Å².